The number of carbonyl (C=O) groups is 3. The lowest BCUT2D eigenvalue weighted by Gasteiger charge is -2.26. The fraction of sp³-hybridized carbons (Fsp3) is 0.522. The number of allylic oxidation sites excluding steroid dienone is 1. The van der Waals surface area contributed by atoms with Crippen molar-refractivity contribution in [3.63, 3.8) is 0 Å². The first kappa shape index (κ1) is 22.1. The summed E-state index contributed by atoms with van der Waals surface area (Å²) in [6.45, 7) is 8.95. The Hall–Kier alpha value is -2.57. The highest BCUT2D eigenvalue weighted by molar-refractivity contribution is 6.07. The van der Waals surface area contributed by atoms with Crippen LogP contribution in [-0.4, -0.2) is 41.1 Å². The van der Waals surface area contributed by atoms with Crippen LogP contribution >= 0.6 is 0 Å². The van der Waals surface area contributed by atoms with Crippen molar-refractivity contribution in [2.75, 3.05) is 6.54 Å². The molecule has 0 aromatic heterocycles. The molecule has 1 aromatic carbocycles. The van der Waals surface area contributed by atoms with Crippen LogP contribution in [0.2, 0.25) is 0 Å². The molecule has 30 heavy (non-hydrogen) atoms. The van der Waals surface area contributed by atoms with Crippen LogP contribution in [0.3, 0.4) is 0 Å². The highest BCUT2D eigenvalue weighted by Gasteiger charge is 2.52. The van der Waals surface area contributed by atoms with Gasteiger partial charge in [-0.15, -0.1) is 0 Å². The van der Waals surface area contributed by atoms with Gasteiger partial charge in [0.05, 0.1) is 6.04 Å². The van der Waals surface area contributed by atoms with Crippen LogP contribution < -0.4 is 5.32 Å². The fourth-order valence-electron chi connectivity index (χ4n) is 4.21. The third kappa shape index (κ3) is 4.77. The summed E-state index contributed by atoms with van der Waals surface area (Å²) in [6.07, 6.45) is 3.67. The Bertz CT molecular complexity index is 891. The number of hydrogen-bond donors (Lipinski definition) is 1. The van der Waals surface area contributed by atoms with Crippen LogP contribution in [0.1, 0.15) is 50.9 Å². The highest BCUT2D eigenvalue weighted by atomic mass is 19.2. The lowest BCUT2D eigenvalue weighted by atomic mass is 9.88. The van der Waals surface area contributed by atoms with Gasteiger partial charge in [0.2, 0.25) is 11.8 Å². The van der Waals surface area contributed by atoms with Crippen molar-refractivity contribution in [2.45, 2.75) is 52.6 Å². The maximum atomic E-state index is 13.2. The number of nitrogens with zero attached hydrogens (tertiary/aromatic N) is 1. The zero-order chi connectivity index (χ0) is 22.2. The number of hydrogen-bond acceptors (Lipinski definition) is 3. The average Bonchev–Trinajstić information content (AvgIpc) is 3.41. The van der Waals surface area contributed by atoms with E-state index in [9.17, 15) is 23.2 Å². The van der Waals surface area contributed by atoms with Gasteiger partial charge in [-0.05, 0) is 55.4 Å². The van der Waals surface area contributed by atoms with Gasteiger partial charge >= 0.3 is 0 Å². The first-order chi connectivity index (χ1) is 14.0. The lowest BCUT2D eigenvalue weighted by molar-refractivity contribution is -0.134. The third-order valence-corrected chi connectivity index (χ3v) is 6.18. The molecule has 2 amide bonds. The molecule has 3 rings (SSSR count). The van der Waals surface area contributed by atoms with E-state index in [2.05, 4.69) is 26.1 Å². The Morgan fingerprint density at radius 3 is 2.43 bits per heavy atom. The Kier molecular flexibility index (Phi) is 6.11. The minimum atomic E-state index is -1.12. The van der Waals surface area contributed by atoms with Crippen LogP contribution in [0, 0.1) is 28.9 Å². The quantitative estimate of drug-likeness (QED) is 0.588. The van der Waals surface area contributed by atoms with Crippen molar-refractivity contribution in [2.24, 2.45) is 17.3 Å². The topological polar surface area (TPSA) is 66.5 Å². The molecule has 0 radical (unpaired) electrons. The molecule has 1 saturated carbocycles. The first-order valence-corrected chi connectivity index (χ1v) is 10.3. The molecule has 5 nitrogen and oxygen atoms in total. The second-order valence-corrected chi connectivity index (χ2v) is 9.32. The van der Waals surface area contributed by atoms with E-state index in [1.165, 1.54) is 0 Å². The van der Waals surface area contributed by atoms with E-state index in [-0.39, 0.29) is 34.9 Å². The maximum Gasteiger partial charge on any atom is 0.244 e. The molecule has 1 aliphatic heterocycles. The van der Waals surface area contributed by atoms with Crippen molar-refractivity contribution < 1.29 is 23.2 Å². The van der Waals surface area contributed by atoms with Gasteiger partial charge < -0.3 is 10.2 Å². The summed E-state index contributed by atoms with van der Waals surface area (Å²) in [4.78, 5) is 38.9. The second-order valence-electron chi connectivity index (χ2n) is 9.32. The number of carbonyl (C=O) groups excluding carboxylic acids is 3. The largest absolute Gasteiger partial charge is 0.348 e. The molecular weight excluding hydrogens is 390 g/mol. The van der Waals surface area contributed by atoms with Crippen LogP contribution in [0.5, 0.6) is 0 Å². The molecule has 4 atom stereocenters. The Morgan fingerprint density at radius 1 is 1.13 bits per heavy atom. The maximum absolute atomic E-state index is 13.2. The molecule has 2 fully saturated rings. The highest BCUT2D eigenvalue weighted by Crippen LogP contribution is 2.51. The molecular formula is C23H28F2N2O3. The summed E-state index contributed by atoms with van der Waals surface area (Å²) in [7, 11) is 0. The number of halogens is 2. The molecule has 1 aliphatic carbocycles. The van der Waals surface area contributed by atoms with Crippen molar-refractivity contribution >= 4 is 17.6 Å². The van der Waals surface area contributed by atoms with Gasteiger partial charge in [0, 0.05) is 30.1 Å². The van der Waals surface area contributed by atoms with Crippen LogP contribution in [0.15, 0.2) is 30.4 Å². The number of nitrogens with one attached hydrogen (secondary N) is 1. The third-order valence-electron chi connectivity index (χ3n) is 6.18. The van der Waals surface area contributed by atoms with Gasteiger partial charge in [-0.1, -0.05) is 20.8 Å². The summed E-state index contributed by atoms with van der Waals surface area (Å²) >= 11 is 0. The summed E-state index contributed by atoms with van der Waals surface area (Å²) in [5.74, 6) is -2.59. The number of amides is 2. The van der Waals surface area contributed by atoms with Crippen molar-refractivity contribution in [3.05, 3.63) is 47.5 Å². The van der Waals surface area contributed by atoms with E-state index < -0.39 is 23.3 Å². The lowest BCUT2D eigenvalue weighted by Crippen LogP contribution is -2.45. The molecule has 1 saturated heterocycles. The number of benzene rings is 1. The van der Waals surface area contributed by atoms with Gasteiger partial charge in [0.15, 0.2) is 17.4 Å². The Morgan fingerprint density at radius 2 is 1.83 bits per heavy atom. The monoisotopic (exact) mass is 418 g/mol. The van der Waals surface area contributed by atoms with Gasteiger partial charge in [-0.3, -0.25) is 14.4 Å². The Balaban J connectivity index is 1.53. The summed E-state index contributed by atoms with van der Waals surface area (Å²) in [6, 6.07) is 2.50. The van der Waals surface area contributed by atoms with E-state index in [4.69, 9.17) is 0 Å². The number of likely N-dealkylation sites (tertiary alicyclic amines) is 1. The van der Waals surface area contributed by atoms with Crippen LogP contribution in [0.25, 0.3) is 0 Å². The van der Waals surface area contributed by atoms with Crippen molar-refractivity contribution in [3.8, 4) is 0 Å². The molecule has 0 unspecified atom stereocenters. The first-order valence-electron chi connectivity index (χ1n) is 10.3. The Labute approximate surface area is 175 Å². The molecule has 1 N–H and O–H groups in total. The average molecular weight is 418 g/mol. The zero-order valence-corrected chi connectivity index (χ0v) is 17.7. The van der Waals surface area contributed by atoms with Crippen LogP contribution in [0.4, 0.5) is 8.78 Å². The molecule has 0 spiro atoms. The molecule has 7 heteroatoms. The van der Waals surface area contributed by atoms with E-state index in [0.717, 1.165) is 36.8 Å². The zero-order valence-electron chi connectivity index (χ0n) is 17.7. The molecule has 1 heterocycles. The minimum absolute atomic E-state index is 0.0400. The molecule has 0 bridgehead atoms. The van der Waals surface area contributed by atoms with Crippen molar-refractivity contribution in [1.82, 2.24) is 10.2 Å². The smallest absolute Gasteiger partial charge is 0.244 e. The van der Waals surface area contributed by atoms with Gasteiger partial charge in [-0.25, -0.2) is 8.78 Å². The normalized spacial score (nSPS) is 26.1. The second kappa shape index (κ2) is 8.28. The summed E-state index contributed by atoms with van der Waals surface area (Å²) in [5.41, 5.74) is 0.0728. The van der Waals surface area contributed by atoms with E-state index in [1.54, 1.807) is 0 Å². The summed E-state index contributed by atoms with van der Waals surface area (Å²) in [5, 5.41) is 2.84. The number of ketones is 1. The van der Waals surface area contributed by atoms with E-state index in [1.807, 2.05) is 11.8 Å². The fourth-order valence-corrected chi connectivity index (χ4v) is 4.21. The van der Waals surface area contributed by atoms with E-state index >= 15 is 0 Å². The van der Waals surface area contributed by atoms with Crippen molar-refractivity contribution in [1.29, 1.82) is 0 Å². The molecule has 162 valence electrons. The molecule has 2 aliphatic rings. The van der Waals surface area contributed by atoms with E-state index in [0.29, 0.717) is 18.9 Å². The predicted molar refractivity (Wildman–Crippen MR) is 109 cm³/mol. The number of rotatable bonds is 5. The predicted octanol–water partition coefficient (Wildman–Crippen LogP) is 3.49. The van der Waals surface area contributed by atoms with Gasteiger partial charge in [-0.2, -0.15) is 0 Å². The van der Waals surface area contributed by atoms with Crippen LogP contribution in [-0.2, 0) is 9.59 Å². The van der Waals surface area contributed by atoms with Gasteiger partial charge in [0.25, 0.3) is 0 Å². The summed E-state index contributed by atoms with van der Waals surface area (Å²) < 4.78 is 26.2. The minimum Gasteiger partial charge on any atom is -0.348 e. The van der Waals surface area contributed by atoms with Gasteiger partial charge in [0.1, 0.15) is 0 Å². The molecule has 1 aromatic rings. The SMILES string of the molecule is C[C@@H]1[C@H](NC(=O)/C=C/C(=O)c2ccc(F)c(F)c2)CCN1C(=O)[C@@H]1C[C@H]1C(C)(C)C. The standard InChI is InChI=1S/C23H28F2N2O3/c1-13-19(9-10-27(13)22(30)15-12-16(15)23(2,3)4)26-21(29)8-7-20(28)14-5-6-17(24)18(25)11-14/h5-8,11,13,15-16,19H,9-10,12H2,1-4H3,(H,26,29)/b8-7+/t13-,15-,16-,19-/m1/s1.